The van der Waals surface area contributed by atoms with Gasteiger partial charge in [0, 0.05) is 10.2 Å². The summed E-state index contributed by atoms with van der Waals surface area (Å²) >= 11 is 3.49. The second-order valence-electron chi connectivity index (χ2n) is 9.12. The van der Waals surface area contributed by atoms with Crippen LogP contribution in [-0.2, 0) is 14.4 Å². The van der Waals surface area contributed by atoms with E-state index in [1.165, 1.54) is 10.5 Å². The normalized spacial score (nSPS) is 28.9. The number of amides is 3. The average Bonchev–Trinajstić information content (AvgIpc) is 3.43. The molecular weight excluding hydrogens is 456 g/mol. The molecule has 5 rings (SSSR count). The maximum Gasteiger partial charge on any atom is 0.244 e. The van der Waals surface area contributed by atoms with Crippen molar-refractivity contribution in [3.63, 3.8) is 0 Å². The molecular formula is C25H25BrN2O3. The third kappa shape index (κ3) is 3.23. The SMILES string of the molecule is Cc1c(Br)ccc(NC(=O)CN2C(=O)[C@H]3[C@@H]4C[C@@H]([C@@H]3C2=O)[C@@H](c2ccccc2)C4)c1C. The lowest BCUT2D eigenvalue weighted by Crippen LogP contribution is -2.39. The highest BCUT2D eigenvalue weighted by Gasteiger charge is 2.63. The maximum absolute atomic E-state index is 13.2. The largest absolute Gasteiger partial charge is 0.324 e. The number of hydrogen-bond donors (Lipinski definition) is 1. The van der Waals surface area contributed by atoms with Crippen molar-refractivity contribution < 1.29 is 14.4 Å². The van der Waals surface area contributed by atoms with Crippen LogP contribution in [0.4, 0.5) is 5.69 Å². The first-order valence-corrected chi connectivity index (χ1v) is 11.6. The molecule has 1 heterocycles. The molecule has 2 aromatic rings. The molecule has 2 aliphatic carbocycles. The summed E-state index contributed by atoms with van der Waals surface area (Å²) in [7, 11) is 0. The first kappa shape index (κ1) is 20.4. The van der Waals surface area contributed by atoms with Crippen molar-refractivity contribution >= 4 is 39.3 Å². The molecule has 0 aromatic heterocycles. The first-order valence-electron chi connectivity index (χ1n) is 10.8. The molecule has 5 nitrogen and oxygen atoms in total. The van der Waals surface area contributed by atoms with Crippen molar-refractivity contribution in [2.45, 2.75) is 32.6 Å². The van der Waals surface area contributed by atoms with Gasteiger partial charge in [-0.3, -0.25) is 19.3 Å². The van der Waals surface area contributed by atoms with E-state index in [4.69, 9.17) is 0 Å². The fourth-order valence-electron chi connectivity index (χ4n) is 6.02. The first-order chi connectivity index (χ1) is 14.9. The van der Waals surface area contributed by atoms with Crippen molar-refractivity contribution in [3.05, 3.63) is 63.6 Å². The standard InChI is InChI=1S/C25H25BrN2O3/c1-13-14(2)20(9-8-19(13)26)27-21(29)12-28-24(30)22-16-10-17(15-6-4-3-5-7-15)18(11-16)23(22)25(28)31/h3-9,16-18,22-23H,10-12H2,1-2H3,(H,27,29)/t16-,17+,18+,22-,23-/m0/s1. The van der Waals surface area contributed by atoms with Gasteiger partial charge >= 0.3 is 0 Å². The second kappa shape index (κ2) is 7.59. The van der Waals surface area contributed by atoms with Gasteiger partial charge in [0.15, 0.2) is 0 Å². The van der Waals surface area contributed by atoms with E-state index in [1.54, 1.807) is 0 Å². The Kier molecular flexibility index (Phi) is 5.00. The zero-order valence-corrected chi connectivity index (χ0v) is 19.2. The number of nitrogens with one attached hydrogen (secondary N) is 1. The van der Waals surface area contributed by atoms with Crippen LogP contribution in [0.2, 0.25) is 0 Å². The van der Waals surface area contributed by atoms with Crippen LogP contribution in [0.5, 0.6) is 0 Å². The van der Waals surface area contributed by atoms with Gasteiger partial charge in [-0.1, -0.05) is 46.3 Å². The van der Waals surface area contributed by atoms with E-state index in [-0.39, 0.29) is 47.9 Å². The van der Waals surface area contributed by atoms with Crippen LogP contribution < -0.4 is 5.32 Å². The summed E-state index contributed by atoms with van der Waals surface area (Å²) in [6, 6.07) is 14.0. The number of likely N-dealkylation sites (tertiary alicyclic amines) is 1. The van der Waals surface area contributed by atoms with Crippen molar-refractivity contribution in [2.24, 2.45) is 23.7 Å². The Bertz CT molecular complexity index is 1080. The van der Waals surface area contributed by atoms with Crippen molar-refractivity contribution in [2.75, 3.05) is 11.9 Å². The quantitative estimate of drug-likeness (QED) is 0.658. The molecule has 2 bridgehead atoms. The molecule has 3 aliphatic rings. The second-order valence-corrected chi connectivity index (χ2v) is 9.97. The van der Waals surface area contributed by atoms with Gasteiger partial charge in [0.05, 0.1) is 11.8 Å². The Balaban J connectivity index is 1.32. The molecule has 6 heteroatoms. The van der Waals surface area contributed by atoms with Crippen molar-refractivity contribution in [3.8, 4) is 0 Å². The van der Waals surface area contributed by atoms with E-state index in [1.807, 2.05) is 44.2 Å². The van der Waals surface area contributed by atoms with Crippen LogP contribution >= 0.6 is 15.9 Å². The number of imide groups is 1. The zero-order chi connectivity index (χ0) is 21.9. The van der Waals surface area contributed by atoms with Crippen LogP contribution in [-0.4, -0.2) is 29.2 Å². The van der Waals surface area contributed by atoms with E-state index >= 15 is 0 Å². The lowest BCUT2D eigenvalue weighted by molar-refractivity contribution is -0.143. The van der Waals surface area contributed by atoms with Crippen LogP contribution in [0, 0.1) is 37.5 Å². The summed E-state index contributed by atoms with van der Waals surface area (Å²) in [4.78, 5) is 40.3. The van der Waals surface area contributed by atoms with Crippen molar-refractivity contribution in [1.29, 1.82) is 0 Å². The summed E-state index contributed by atoms with van der Waals surface area (Å²) in [6.45, 7) is 3.70. The minimum Gasteiger partial charge on any atom is -0.324 e. The number of carbonyl (C=O) groups excluding carboxylic acids is 3. The van der Waals surface area contributed by atoms with E-state index in [0.717, 1.165) is 28.4 Å². The minimum absolute atomic E-state index is 0.159. The van der Waals surface area contributed by atoms with E-state index in [2.05, 4.69) is 33.4 Å². The Morgan fingerprint density at radius 1 is 1.00 bits per heavy atom. The van der Waals surface area contributed by atoms with E-state index in [9.17, 15) is 14.4 Å². The molecule has 0 unspecified atom stereocenters. The van der Waals surface area contributed by atoms with Crippen LogP contribution in [0.1, 0.15) is 35.4 Å². The van der Waals surface area contributed by atoms with Crippen LogP contribution in [0.25, 0.3) is 0 Å². The summed E-state index contributed by atoms with van der Waals surface area (Å²) < 4.78 is 0.976. The number of anilines is 1. The average molecular weight is 481 g/mol. The molecule has 160 valence electrons. The third-order valence-electron chi connectivity index (χ3n) is 7.63. The maximum atomic E-state index is 13.2. The molecule has 1 N–H and O–H groups in total. The lowest BCUT2D eigenvalue weighted by atomic mass is 9.73. The van der Waals surface area contributed by atoms with Crippen LogP contribution in [0.3, 0.4) is 0 Å². The highest BCUT2D eigenvalue weighted by atomic mass is 79.9. The summed E-state index contributed by atoms with van der Waals surface area (Å²) in [6.07, 6.45) is 1.88. The number of nitrogens with zero attached hydrogens (tertiary/aromatic N) is 1. The predicted molar refractivity (Wildman–Crippen MR) is 121 cm³/mol. The highest BCUT2D eigenvalue weighted by molar-refractivity contribution is 9.10. The number of benzene rings is 2. The third-order valence-corrected chi connectivity index (χ3v) is 8.49. The van der Waals surface area contributed by atoms with Gasteiger partial charge in [-0.15, -0.1) is 0 Å². The Hall–Kier alpha value is -2.47. The van der Waals surface area contributed by atoms with E-state index < -0.39 is 0 Å². The molecule has 0 spiro atoms. The molecule has 3 amide bonds. The summed E-state index contributed by atoms with van der Waals surface area (Å²) in [5, 5.41) is 2.88. The Morgan fingerprint density at radius 3 is 2.45 bits per heavy atom. The number of hydrogen-bond acceptors (Lipinski definition) is 3. The van der Waals surface area contributed by atoms with Gasteiger partial charge in [-0.05, 0) is 73.3 Å². The number of rotatable bonds is 4. The highest BCUT2D eigenvalue weighted by Crippen LogP contribution is 2.61. The molecule has 0 radical (unpaired) electrons. The smallest absolute Gasteiger partial charge is 0.244 e. The molecule has 2 saturated carbocycles. The van der Waals surface area contributed by atoms with Gasteiger partial charge in [0.2, 0.25) is 17.7 Å². The van der Waals surface area contributed by atoms with Gasteiger partial charge in [0.25, 0.3) is 0 Å². The van der Waals surface area contributed by atoms with Gasteiger partial charge in [0.1, 0.15) is 6.54 Å². The minimum atomic E-state index is -0.335. The Labute approximate surface area is 190 Å². The molecule has 2 aromatic carbocycles. The van der Waals surface area contributed by atoms with Gasteiger partial charge in [-0.2, -0.15) is 0 Å². The Morgan fingerprint density at radius 2 is 1.71 bits per heavy atom. The zero-order valence-electron chi connectivity index (χ0n) is 17.6. The summed E-state index contributed by atoms with van der Waals surface area (Å²) in [5.41, 5.74) is 3.96. The monoisotopic (exact) mass is 480 g/mol. The molecule has 31 heavy (non-hydrogen) atoms. The lowest BCUT2D eigenvalue weighted by Gasteiger charge is -2.28. The van der Waals surface area contributed by atoms with Crippen molar-refractivity contribution in [1.82, 2.24) is 4.90 Å². The van der Waals surface area contributed by atoms with Gasteiger partial charge in [-0.25, -0.2) is 0 Å². The van der Waals surface area contributed by atoms with Crippen LogP contribution in [0.15, 0.2) is 46.9 Å². The molecule has 1 aliphatic heterocycles. The molecule has 5 atom stereocenters. The summed E-state index contributed by atoms with van der Waals surface area (Å²) in [5.74, 6) is -0.429. The number of carbonyl (C=O) groups is 3. The van der Waals surface area contributed by atoms with E-state index in [0.29, 0.717) is 11.6 Å². The molecule has 3 fully saturated rings. The fourth-order valence-corrected chi connectivity index (χ4v) is 6.45. The predicted octanol–water partition coefficient (Wildman–Crippen LogP) is 4.43. The number of fused-ring (bicyclic) bond motifs is 5. The molecule has 1 saturated heterocycles. The number of halogens is 1. The fraction of sp³-hybridized carbons (Fsp3) is 0.400. The topological polar surface area (TPSA) is 66.5 Å². The van der Waals surface area contributed by atoms with Gasteiger partial charge < -0.3 is 5.32 Å².